The molecule has 1 aromatic carbocycles. The summed E-state index contributed by atoms with van der Waals surface area (Å²) in [6.07, 6.45) is 1.69. The van der Waals surface area contributed by atoms with Crippen LogP contribution in [0.1, 0.15) is 5.76 Å². The Kier molecular flexibility index (Phi) is 3.38. The van der Waals surface area contributed by atoms with E-state index < -0.39 is 0 Å². The molecular formula is C12H13IN2O. The fourth-order valence-corrected chi connectivity index (χ4v) is 2.51. The molecule has 0 spiro atoms. The summed E-state index contributed by atoms with van der Waals surface area (Å²) in [5.74, 6) is 0.954. The molecule has 2 rings (SSSR count). The highest BCUT2D eigenvalue weighted by molar-refractivity contribution is 14.1. The molecule has 0 amide bonds. The lowest BCUT2D eigenvalue weighted by atomic mass is 10.2. The molecule has 0 aliphatic carbocycles. The van der Waals surface area contributed by atoms with Gasteiger partial charge in [-0.3, -0.25) is 0 Å². The van der Waals surface area contributed by atoms with Crippen molar-refractivity contribution in [2.45, 2.75) is 6.54 Å². The molecule has 0 saturated heterocycles. The van der Waals surface area contributed by atoms with Gasteiger partial charge in [0.25, 0.3) is 0 Å². The van der Waals surface area contributed by atoms with Crippen molar-refractivity contribution in [3.8, 4) is 0 Å². The topological polar surface area (TPSA) is 42.4 Å². The standard InChI is InChI=1S/C12H13IN2O/c1-15(8-10-3-2-6-16-10)12-5-4-9(14)7-11(12)13/h2-7H,8,14H2,1H3. The fraction of sp³-hybridized carbons (Fsp3) is 0.167. The summed E-state index contributed by atoms with van der Waals surface area (Å²) in [6.45, 7) is 0.757. The van der Waals surface area contributed by atoms with E-state index in [2.05, 4.69) is 27.5 Å². The van der Waals surface area contributed by atoms with E-state index in [1.54, 1.807) is 6.26 Å². The highest BCUT2D eigenvalue weighted by Crippen LogP contribution is 2.25. The molecule has 4 heteroatoms. The zero-order valence-electron chi connectivity index (χ0n) is 8.98. The number of nitrogens with zero attached hydrogens (tertiary/aromatic N) is 1. The summed E-state index contributed by atoms with van der Waals surface area (Å²) in [5.41, 5.74) is 7.67. The first-order chi connectivity index (χ1) is 7.66. The van der Waals surface area contributed by atoms with Gasteiger partial charge in [-0.15, -0.1) is 0 Å². The first-order valence-corrected chi connectivity index (χ1v) is 6.03. The van der Waals surface area contributed by atoms with Gasteiger partial charge in [0.1, 0.15) is 5.76 Å². The van der Waals surface area contributed by atoms with Crippen molar-refractivity contribution >= 4 is 34.0 Å². The van der Waals surface area contributed by atoms with Crippen LogP contribution in [0.2, 0.25) is 0 Å². The lowest BCUT2D eigenvalue weighted by molar-refractivity contribution is 0.507. The number of benzene rings is 1. The molecule has 0 atom stereocenters. The first kappa shape index (κ1) is 11.3. The van der Waals surface area contributed by atoms with Crippen molar-refractivity contribution in [3.63, 3.8) is 0 Å². The molecule has 0 fully saturated rings. The minimum atomic E-state index is 0.757. The Morgan fingerprint density at radius 3 is 2.81 bits per heavy atom. The molecule has 0 saturated carbocycles. The second kappa shape index (κ2) is 4.78. The summed E-state index contributed by atoms with van der Waals surface area (Å²) < 4.78 is 6.47. The van der Waals surface area contributed by atoms with Crippen LogP contribution in [0.3, 0.4) is 0 Å². The van der Waals surface area contributed by atoms with Crippen molar-refractivity contribution in [2.75, 3.05) is 17.7 Å². The van der Waals surface area contributed by atoms with E-state index in [0.29, 0.717) is 0 Å². The molecule has 0 aliphatic rings. The second-order valence-corrected chi connectivity index (χ2v) is 4.81. The van der Waals surface area contributed by atoms with Crippen molar-refractivity contribution in [1.29, 1.82) is 0 Å². The van der Waals surface area contributed by atoms with Gasteiger partial charge < -0.3 is 15.1 Å². The van der Waals surface area contributed by atoms with Gasteiger partial charge in [-0.2, -0.15) is 0 Å². The van der Waals surface area contributed by atoms with Crippen LogP contribution in [0.5, 0.6) is 0 Å². The maximum atomic E-state index is 5.72. The van der Waals surface area contributed by atoms with Crippen molar-refractivity contribution < 1.29 is 4.42 Å². The average molecular weight is 328 g/mol. The Balaban J connectivity index is 2.17. The number of nitrogen functional groups attached to an aromatic ring is 1. The van der Waals surface area contributed by atoms with Gasteiger partial charge in [0, 0.05) is 16.3 Å². The Labute approximate surface area is 108 Å². The van der Waals surface area contributed by atoms with Crippen molar-refractivity contribution in [2.24, 2.45) is 0 Å². The minimum absolute atomic E-state index is 0.757. The number of rotatable bonds is 3. The summed E-state index contributed by atoms with van der Waals surface area (Å²) in [5, 5.41) is 0. The van der Waals surface area contributed by atoms with Crippen LogP contribution >= 0.6 is 22.6 Å². The van der Waals surface area contributed by atoms with Crippen LogP contribution in [-0.4, -0.2) is 7.05 Å². The van der Waals surface area contributed by atoms with Gasteiger partial charge in [-0.1, -0.05) is 0 Å². The lowest BCUT2D eigenvalue weighted by Crippen LogP contribution is -2.17. The molecule has 1 heterocycles. The quantitative estimate of drug-likeness (QED) is 0.695. The second-order valence-electron chi connectivity index (χ2n) is 3.65. The Morgan fingerprint density at radius 2 is 2.19 bits per heavy atom. The van der Waals surface area contributed by atoms with Gasteiger partial charge in [0.05, 0.1) is 18.5 Å². The molecule has 0 radical (unpaired) electrons. The summed E-state index contributed by atoms with van der Waals surface area (Å²) in [4.78, 5) is 2.14. The Hall–Kier alpha value is -1.17. The van der Waals surface area contributed by atoms with Gasteiger partial charge in [-0.05, 0) is 52.9 Å². The minimum Gasteiger partial charge on any atom is -0.467 e. The molecule has 1 aromatic heterocycles. The van der Waals surface area contributed by atoms with Crippen LogP contribution in [-0.2, 0) is 6.54 Å². The third-order valence-corrected chi connectivity index (χ3v) is 3.22. The van der Waals surface area contributed by atoms with Crippen molar-refractivity contribution in [3.05, 3.63) is 45.9 Å². The Morgan fingerprint density at radius 1 is 1.38 bits per heavy atom. The molecule has 3 nitrogen and oxygen atoms in total. The predicted octanol–water partition coefficient (Wildman–Crippen LogP) is 3.10. The van der Waals surface area contributed by atoms with E-state index in [1.807, 2.05) is 37.4 Å². The third kappa shape index (κ3) is 2.49. The normalized spacial score (nSPS) is 10.4. The number of anilines is 2. The molecule has 0 unspecified atom stereocenters. The predicted molar refractivity (Wildman–Crippen MR) is 74.4 cm³/mol. The number of furan rings is 1. The highest BCUT2D eigenvalue weighted by Gasteiger charge is 2.07. The van der Waals surface area contributed by atoms with Crippen LogP contribution in [0.15, 0.2) is 41.0 Å². The van der Waals surface area contributed by atoms with Crippen molar-refractivity contribution in [1.82, 2.24) is 0 Å². The van der Waals surface area contributed by atoms with Crippen LogP contribution < -0.4 is 10.6 Å². The zero-order chi connectivity index (χ0) is 11.5. The van der Waals surface area contributed by atoms with E-state index in [4.69, 9.17) is 10.2 Å². The third-order valence-electron chi connectivity index (χ3n) is 2.36. The number of halogens is 1. The first-order valence-electron chi connectivity index (χ1n) is 4.95. The molecule has 0 aliphatic heterocycles. The number of hydrogen-bond acceptors (Lipinski definition) is 3. The summed E-state index contributed by atoms with van der Waals surface area (Å²) >= 11 is 2.29. The van der Waals surface area contributed by atoms with Gasteiger partial charge >= 0.3 is 0 Å². The Bertz CT molecular complexity index is 468. The van der Waals surface area contributed by atoms with Gasteiger partial charge in [0.2, 0.25) is 0 Å². The molecular weight excluding hydrogens is 315 g/mol. The SMILES string of the molecule is CN(Cc1ccco1)c1ccc(N)cc1I. The summed E-state index contributed by atoms with van der Waals surface area (Å²) in [7, 11) is 2.04. The smallest absolute Gasteiger partial charge is 0.123 e. The van der Waals surface area contributed by atoms with E-state index in [0.717, 1.165) is 27.2 Å². The van der Waals surface area contributed by atoms with E-state index in [1.165, 1.54) is 0 Å². The van der Waals surface area contributed by atoms with Crippen LogP contribution in [0, 0.1) is 3.57 Å². The molecule has 2 aromatic rings. The maximum absolute atomic E-state index is 5.72. The molecule has 84 valence electrons. The van der Waals surface area contributed by atoms with E-state index >= 15 is 0 Å². The fourth-order valence-electron chi connectivity index (χ4n) is 1.55. The van der Waals surface area contributed by atoms with E-state index in [-0.39, 0.29) is 0 Å². The largest absolute Gasteiger partial charge is 0.467 e. The van der Waals surface area contributed by atoms with Gasteiger partial charge in [-0.25, -0.2) is 0 Å². The monoisotopic (exact) mass is 328 g/mol. The lowest BCUT2D eigenvalue weighted by Gasteiger charge is -2.19. The number of nitrogens with two attached hydrogens (primary N) is 1. The zero-order valence-corrected chi connectivity index (χ0v) is 11.1. The molecule has 16 heavy (non-hydrogen) atoms. The van der Waals surface area contributed by atoms with Crippen LogP contribution in [0.25, 0.3) is 0 Å². The highest BCUT2D eigenvalue weighted by atomic mass is 127. The maximum Gasteiger partial charge on any atom is 0.123 e. The number of hydrogen-bond donors (Lipinski definition) is 1. The summed E-state index contributed by atoms with van der Waals surface area (Å²) in [6, 6.07) is 9.78. The average Bonchev–Trinajstić information content (AvgIpc) is 2.70. The molecule has 2 N–H and O–H groups in total. The van der Waals surface area contributed by atoms with E-state index in [9.17, 15) is 0 Å². The van der Waals surface area contributed by atoms with Crippen LogP contribution in [0.4, 0.5) is 11.4 Å². The molecule has 0 bridgehead atoms. The van der Waals surface area contributed by atoms with Gasteiger partial charge in [0.15, 0.2) is 0 Å².